The van der Waals surface area contributed by atoms with E-state index in [1.807, 2.05) is 13.8 Å². The first-order valence-corrected chi connectivity index (χ1v) is 8.00. The predicted octanol–water partition coefficient (Wildman–Crippen LogP) is 2.00. The zero-order chi connectivity index (χ0) is 12.3. The molecule has 1 aromatic rings. The summed E-state index contributed by atoms with van der Waals surface area (Å²) in [6.07, 6.45) is 0. The molecule has 0 saturated heterocycles. The molecule has 1 heterocycles. The minimum absolute atomic E-state index is 0.321. The molecule has 0 aliphatic carbocycles. The van der Waals surface area contributed by atoms with Gasteiger partial charge in [0.25, 0.3) is 0 Å². The van der Waals surface area contributed by atoms with Crippen LogP contribution in [0, 0.1) is 0 Å². The number of rotatable bonds is 5. The van der Waals surface area contributed by atoms with Crippen LogP contribution >= 0.6 is 27.3 Å². The molecule has 0 spiro atoms. The molecule has 0 saturated carbocycles. The third kappa shape index (κ3) is 2.65. The van der Waals surface area contributed by atoms with Gasteiger partial charge in [-0.15, -0.1) is 11.3 Å². The van der Waals surface area contributed by atoms with E-state index in [1.165, 1.54) is 15.6 Å². The van der Waals surface area contributed by atoms with Gasteiger partial charge in [-0.3, -0.25) is 0 Å². The largest absolute Gasteiger partial charge is 0.326 e. The Kier molecular flexibility index (Phi) is 4.93. The maximum atomic E-state index is 12.2. The van der Waals surface area contributed by atoms with Crippen LogP contribution < -0.4 is 5.73 Å². The summed E-state index contributed by atoms with van der Waals surface area (Å²) >= 11 is 4.64. The fourth-order valence-electron chi connectivity index (χ4n) is 1.38. The van der Waals surface area contributed by atoms with Crippen molar-refractivity contribution in [2.45, 2.75) is 25.3 Å². The highest BCUT2D eigenvalue weighted by Crippen LogP contribution is 2.33. The molecule has 0 fully saturated rings. The van der Waals surface area contributed by atoms with Crippen LogP contribution in [0.4, 0.5) is 0 Å². The Morgan fingerprint density at radius 1 is 1.44 bits per heavy atom. The maximum Gasteiger partial charge on any atom is 0.245 e. The number of nitrogens with two attached hydrogens (primary N) is 1. The molecule has 0 bridgehead atoms. The lowest BCUT2D eigenvalue weighted by molar-refractivity contribution is 0.445. The van der Waals surface area contributed by atoms with E-state index in [9.17, 15) is 8.42 Å². The van der Waals surface area contributed by atoms with E-state index in [2.05, 4.69) is 15.9 Å². The second kappa shape index (κ2) is 5.59. The van der Waals surface area contributed by atoms with Gasteiger partial charge in [0.15, 0.2) is 0 Å². The minimum atomic E-state index is -3.38. The average Bonchev–Trinajstić information content (AvgIpc) is 2.61. The molecule has 1 aromatic heterocycles. The molecule has 0 aliphatic heterocycles. The highest BCUT2D eigenvalue weighted by atomic mass is 79.9. The van der Waals surface area contributed by atoms with Gasteiger partial charge in [-0.25, -0.2) is 8.42 Å². The topological polar surface area (TPSA) is 63.4 Å². The van der Waals surface area contributed by atoms with Gasteiger partial charge in [0.1, 0.15) is 4.90 Å². The number of sulfonamides is 1. The first kappa shape index (κ1) is 14.1. The van der Waals surface area contributed by atoms with Crippen molar-refractivity contribution in [3.63, 3.8) is 0 Å². The van der Waals surface area contributed by atoms with Crippen molar-refractivity contribution in [2.75, 3.05) is 13.1 Å². The molecule has 92 valence electrons. The van der Waals surface area contributed by atoms with Crippen molar-refractivity contribution in [1.82, 2.24) is 4.31 Å². The number of halogens is 1. The average molecular weight is 327 g/mol. The Morgan fingerprint density at radius 2 is 2.00 bits per heavy atom. The van der Waals surface area contributed by atoms with E-state index in [-0.39, 0.29) is 0 Å². The third-order valence-corrected chi connectivity index (χ3v) is 6.56. The smallest absolute Gasteiger partial charge is 0.245 e. The van der Waals surface area contributed by atoms with Crippen molar-refractivity contribution in [2.24, 2.45) is 5.73 Å². The molecule has 4 nitrogen and oxygen atoms in total. The molecule has 0 radical (unpaired) electrons. The van der Waals surface area contributed by atoms with Crippen molar-refractivity contribution in [3.8, 4) is 0 Å². The summed E-state index contributed by atoms with van der Waals surface area (Å²) in [5, 5.41) is 0. The number of hydrogen-bond donors (Lipinski definition) is 1. The lowest BCUT2D eigenvalue weighted by Gasteiger charge is -2.17. The van der Waals surface area contributed by atoms with Gasteiger partial charge in [-0.05, 0) is 22.0 Å². The van der Waals surface area contributed by atoms with Gasteiger partial charge in [0.2, 0.25) is 10.0 Å². The monoisotopic (exact) mass is 326 g/mol. The molecule has 0 aromatic carbocycles. The SMILES string of the molecule is CCN(CC)S(=O)(=O)c1cc(CN)sc1Br. The molecule has 1 rings (SSSR count). The highest BCUT2D eigenvalue weighted by molar-refractivity contribution is 9.11. The predicted molar refractivity (Wildman–Crippen MR) is 70.0 cm³/mol. The molecule has 0 amide bonds. The fraction of sp³-hybridized carbons (Fsp3) is 0.556. The van der Waals surface area contributed by atoms with Crippen molar-refractivity contribution in [3.05, 3.63) is 14.7 Å². The van der Waals surface area contributed by atoms with E-state index in [0.29, 0.717) is 28.3 Å². The third-order valence-electron chi connectivity index (χ3n) is 2.23. The first-order chi connectivity index (χ1) is 7.47. The normalized spacial score (nSPS) is 12.3. The quantitative estimate of drug-likeness (QED) is 0.900. The molecule has 7 heteroatoms. The zero-order valence-corrected chi connectivity index (χ0v) is 12.5. The summed E-state index contributed by atoms with van der Waals surface area (Å²) in [7, 11) is -3.38. The van der Waals surface area contributed by atoms with Gasteiger partial charge in [-0.1, -0.05) is 13.8 Å². The summed E-state index contributed by atoms with van der Waals surface area (Å²) in [6.45, 7) is 4.95. The number of nitrogens with zero attached hydrogens (tertiary/aromatic N) is 1. The lowest BCUT2D eigenvalue weighted by Crippen LogP contribution is -2.30. The van der Waals surface area contributed by atoms with Gasteiger partial charge < -0.3 is 5.73 Å². The lowest BCUT2D eigenvalue weighted by atomic mass is 10.5. The van der Waals surface area contributed by atoms with Crippen LogP contribution in [0.25, 0.3) is 0 Å². The van der Waals surface area contributed by atoms with E-state index in [4.69, 9.17) is 5.73 Å². The summed E-state index contributed by atoms with van der Waals surface area (Å²) in [5.41, 5.74) is 5.50. The summed E-state index contributed by atoms with van der Waals surface area (Å²) in [6, 6.07) is 1.64. The summed E-state index contributed by atoms with van der Waals surface area (Å²) < 4.78 is 26.5. The Balaban J connectivity index is 3.21. The standard InChI is InChI=1S/C9H15BrN2O2S2/c1-3-12(4-2)16(13,14)8-5-7(6-11)15-9(8)10/h5H,3-4,6,11H2,1-2H3. The molecule has 0 atom stereocenters. The molecule has 2 N–H and O–H groups in total. The summed E-state index contributed by atoms with van der Waals surface area (Å²) in [5.74, 6) is 0. The van der Waals surface area contributed by atoms with Crippen LogP contribution in [0.2, 0.25) is 0 Å². The second-order valence-corrected chi connectivity index (χ2v) is 7.51. The Labute approximate surface area is 109 Å². The van der Waals surface area contributed by atoms with Crippen LogP contribution in [0.1, 0.15) is 18.7 Å². The van der Waals surface area contributed by atoms with Crippen LogP contribution in [0.15, 0.2) is 14.7 Å². The molecule has 0 aliphatic rings. The minimum Gasteiger partial charge on any atom is -0.326 e. The molecular weight excluding hydrogens is 312 g/mol. The van der Waals surface area contributed by atoms with Crippen LogP contribution in [0.3, 0.4) is 0 Å². The molecule has 16 heavy (non-hydrogen) atoms. The van der Waals surface area contributed by atoms with Gasteiger partial charge in [0.05, 0.1) is 3.79 Å². The van der Waals surface area contributed by atoms with Crippen molar-refractivity contribution >= 4 is 37.3 Å². The highest BCUT2D eigenvalue weighted by Gasteiger charge is 2.25. The van der Waals surface area contributed by atoms with Crippen LogP contribution in [-0.2, 0) is 16.6 Å². The number of thiophene rings is 1. The van der Waals surface area contributed by atoms with E-state index < -0.39 is 10.0 Å². The van der Waals surface area contributed by atoms with E-state index in [1.54, 1.807) is 6.07 Å². The second-order valence-electron chi connectivity index (χ2n) is 3.14. The molecular formula is C9H15BrN2O2S2. The summed E-state index contributed by atoms with van der Waals surface area (Å²) in [4.78, 5) is 1.18. The molecule has 0 unspecified atom stereocenters. The van der Waals surface area contributed by atoms with Crippen molar-refractivity contribution < 1.29 is 8.42 Å². The zero-order valence-electron chi connectivity index (χ0n) is 9.23. The van der Waals surface area contributed by atoms with Crippen LogP contribution in [0.5, 0.6) is 0 Å². The maximum absolute atomic E-state index is 12.2. The van der Waals surface area contributed by atoms with E-state index in [0.717, 1.165) is 4.88 Å². The van der Waals surface area contributed by atoms with E-state index >= 15 is 0 Å². The van der Waals surface area contributed by atoms with Crippen LogP contribution in [-0.4, -0.2) is 25.8 Å². The fourth-order valence-corrected chi connectivity index (χ4v) is 5.35. The van der Waals surface area contributed by atoms with Crippen molar-refractivity contribution in [1.29, 1.82) is 0 Å². The van der Waals surface area contributed by atoms with Gasteiger partial charge in [0, 0.05) is 24.5 Å². The van der Waals surface area contributed by atoms with Gasteiger partial charge >= 0.3 is 0 Å². The number of hydrogen-bond acceptors (Lipinski definition) is 4. The Morgan fingerprint density at radius 3 is 2.38 bits per heavy atom. The Hall–Kier alpha value is 0.0500. The Bertz CT molecular complexity index is 452. The first-order valence-electron chi connectivity index (χ1n) is 4.95. The van der Waals surface area contributed by atoms with Gasteiger partial charge in [-0.2, -0.15) is 4.31 Å².